The van der Waals surface area contributed by atoms with Gasteiger partial charge >= 0.3 is 6.18 Å². The predicted octanol–water partition coefficient (Wildman–Crippen LogP) is 3.38. The van der Waals surface area contributed by atoms with Crippen molar-refractivity contribution in [1.82, 2.24) is 5.32 Å². The van der Waals surface area contributed by atoms with Crippen LogP contribution in [-0.2, 0) is 27.5 Å². The number of halogens is 3. The molecular formula is C16H14F3N3O3S2. The van der Waals surface area contributed by atoms with Gasteiger partial charge in [0.05, 0.1) is 17.8 Å². The van der Waals surface area contributed by atoms with E-state index in [4.69, 9.17) is 0 Å². The van der Waals surface area contributed by atoms with Crippen LogP contribution >= 0.6 is 11.3 Å². The third-order valence-corrected chi connectivity index (χ3v) is 5.97. The van der Waals surface area contributed by atoms with Gasteiger partial charge in [0.2, 0.25) is 5.91 Å². The van der Waals surface area contributed by atoms with E-state index in [-0.39, 0.29) is 35.2 Å². The molecule has 1 aromatic heterocycles. The lowest BCUT2D eigenvalue weighted by molar-refractivity contribution is -0.137. The monoisotopic (exact) mass is 417 g/mol. The number of amides is 1. The maximum Gasteiger partial charge on any atom is 0.416 e. The molecule has 2 aromatic rings. The topological polar surface area (TPSA) is 87.6 Å². The Hall–Kier alpha value is -2.40. The van der Waals surface area contributed by atoms with Crippen LogP contribution in [0.15, 0.2) is 45.0 Å². The number of alkyl halides is 3. The number of benzene rings is 1. The van der Waals surface area contributed by atoms with Crippen LogP contribution in [0.1, 0.15) is 23.3 Å². The summed E-state index contributed by atoms with van der Waals surface area (Å²) in [6.07, 6.45) is -4.71. The molecule has 0 radical (unpaired) electrons. The van der Waals surface area contributed by atoms with Crippen LogP contribution in [0.25, 0.3) is 0 Å². The van der Waals surface area contributed by atoms with Crippen LogP contribution in [0, 0.1) is 0 Å². The number of nitrogens with one attached hydrogen (secondary N) is 2. The second kappa shape index (κ2) is 7.31. The molecule has 144 valence electrons. The zero-order valence-corrected chi connectivity index (χ0v) is 15.3. The molecule has 3 rings (SSSR count). The molecule has 0 saturated heterocycles. The largest absolute Gasteiger partial charge is 0.416 e. The number of anilines is 1. The van der Waals surface area contributed by atoms with Crippen LogP contribution in [0.2, 0.25) is 0 Å². The number of fused-ring (bicyclic) bond motifs is 1. The Bertz CT molecular complexity index is 984. The first-order valence-corrected chi connectivity index (χ1v) is 10.1. The van der Waals surface area contributed by atoms with E-state index in [0.29, 0.717) is 12.6 Å². The van der Waals surface area contributed by atoms with Crippen molar-refractivity contribution in [3.05, 3.63) is 46.2 Å². The summed E-state index contributed by atoms with van der Waals surface area (Å²) < 4.78 is 66.4. The number of carbonyl (C=O) groups is 1. The lowest BCUT2D eigenvalue weighted by atomic mass is 10.2. The molecule has 0 aliphatic carbocycles. The molecule has 0 bridgehead atoms. The standard InChI is InChI=1S/C16H14F3N3O3S2/c17-16(18,19)10-3-4-13-12(8-10)21-14(22-27(13,24)25)5-6-15(23)20-9-11-2-1-7-26-11/h1-4,7-8H,5-6,9H2,(H,20,23)(H,21,22). The van der Waals surface area contributed by atoms with Gasteiger partial charge in [-0.15, -0.1) is 15.7 Å². The molecule has 6 nitrogen and oxygen atoms in total. The van der Waals surface area contributed by atoms with Crippen LogP contribution in [-0.4, -0.2) is 20.2 Å². The summed E-state index contributed by atoms with van der Waals surface area (Å²) >= 11 is 1.48. The Morgan fingerprint density at radius 2 is 2.04 bits per heavy atom. The van der Waals surface area contributed by atoms with Gasteiger partial charge in [-0.2, -0.15) is 21.6 Å². The van der Waals surface area contributed by atoms with Crippen molar-refractivity contribution in [3.8, 4) is 0 Å². The molecule has 27 heavy (non-hydrogen) atoms. The second-order valence-electron chi connectivity index (χ2n) is 5.70. The Labute approximate surface area is 157 Å². The number of sulfonamides is 1. The molecule has 2 heterocycles. The van der Waals surface area contributed by atoms with Crippen LogP contribution in [0.3, 0.4) is 0 Å². The molecule has 1 amide bonds. The maximum absolute atomic E-state index is 12.8. The van der Waals surface area contributed by atoms with Gasteiger partial charge in [-0.3, -0.25) is 4.79 Å². The first kappa shape index (κ1) is 19.4. The van der Waals surface area contributed by atoms with E-state index in [2.05, 4.69) is 15.0 Å². The molecule has 0 saturated carbocycles. The average Bonchev–Trinajstić information content (AvgIpc) is 3.10. The summed E-state index contributed by atoms with van der Waals surface area (Å²) in [5.74, 6) is -0.395. The molecule has 1 aliphatic rings. The van der Waals surface area contributed by atoms with Crippen molar-refractivity contribution in [1.29, 1.82) is 0 Å². The summed E-state index contributed by atoms with van der Waals surface area (Å²) in [5.41, 5.74) is -1.17. The Balaban J connectivity index is 1.67. The van der Waals surface area contributed by atoms with Gasteiger partial charge in [-0.25, -0.2) is 0 Å². The van der Waals surface area contributed by atoms with Gasteiger partial charge in [-0.1, -0.05) is 6.07 Å². The van der Waals surface area contributed by atoms with Gasteiger partial charge in [0, 0.05) is 17.7 Å². The molecular weight excluding hydrogens is 403 g/mol. The van der Waals surface area contributed by atoms with E-state index in [0.717, 1.165) is 17.0 Å². The van der Waals surface area contributed by atoms with Gasteiger partial charge in [0.15, 0.2) is 0 Å². The lowest BCUT2D eigenvalue weighted by Gasteiger charge is -2.19. The number of carbonyl (C=O) groups excluding carboxylic acids is 1. The van der Waals surface area contributed by atoms with E-state index < -0.39 is 21.8 Å². The van der Waals surface area contributed by atoms with E-state index in [1.165, 1.54) is 11.3 Å². The molecule has 11 heteroatoms. The Kier molecular flexibility index (Phi) is 5.24. The third-order valence-electron chi connectivity index (χ3n) is 3.72. The van der Waals surface area contributed by atoms with Crippen molar-refractivity contribution in [3.63, 3.8) is 0 Å². The molecule has 0 fully saturated rings. The number of thiophene rings is 1. The Morgan fingerprint density at radius 3 is 2.70 bits per heavy atom. The lowest BCUT2D eigenvalue weighted by Crippen LogP contribution is -2.26. The van der Waals surface area contributed by atoms with Crippen molar-refractivity contribution in [2.45, 2.75) is 30.5 Å². The van der Waals surface area contributed by atoms with E-state index in [9.17, 15) is 26.4 Å². The fourth-order valence-corrected chi connectivity index (χ4v) is 4.23. The smallest absolute Gasteiger partial charge is 0.351 e. The molecule has 1 aromatic carbocycles. The highest BCUT2D eigenvalue weighted by Gasteiger charge is 2.33. The summed E-state index contributed by atoms with van der Waals surface area (Å²) in [6, 6.07) is 5.99. The van der Waals surface area contributed by atoms with E-state index >= 15 is 0 Å². The quantitative estimate of drug-likeness (QED) is 0.781. The summed E-state index contributed by atoms with van der Waals surface area (Å²) in [5, 5.41) is 7.14. The maximum atomic E-state index is 12.8. The first-order chi connectivity index (χ1) is 12.6. The minimum atomic E-state index is -4.60. The van der Waals surface area contributed by atoms with Gasteiger partial charge < -0.3 is 10.6 Å². The fourth-order valence-electron chi connectivity index (χ4n) is 2.43. The van der Waals surface area contributed by atoms with Crippen LogP contribution in [0.5, 0.6) is 0 Å². The summed E-state index contributed by atoms with van der Waals surface area (Å²) in [7, 11) is -4.12. The number of amidine groups is 1. The predicted molar refractivity (Wildman–Crippen MR) is 95.1 cm³/mol. The van der Waals surface area contributed by atoms with E-state index in [1.54, 1.807) is 0 Å². The van der Waals surface area contributed by atoms with Gasteiger partial charge in [0.25, 0.3) is 10.0 Å². The first-order valence-electron chi connectivity index (χ1n) is 7.76. The highest BCUT2D eigenvalue weighted by Crippen LogP contribution is 2.35. The van der Waals surface area contributed by atoms with Crippen molar-refractivity contribution in [2.75, 3.05) is 5.32 Å². The van der Waals surface area contributed by atoms with Crippen LogP contribution < -0.4 is 10.6 Å². The molecule has 0 spiro atoms. The zero-order chi connectivity index (χ0) is 19.7. The minimum absolute atomic E-state index is 0.0504. The molecule has 0 atom stereocenters. The average molecular weight is 417 g/mol. The van der Waals surface area contributed by atoms with Gasteiger partial charge in [-0.05, 0) is 29.6 Å². The van der Waals surface area contributed by atoms with Crippen molar-refractivity contribution < 1.29 is 26.4 Å². The highest BCUT2D eigenvalue weighted by atomic mass is 32.2. The highest BCUT2D eigenvalue weighted by molar-refractivity contribution is 7.90. The van der Waals surface area contributed by atoms with Gasteiger partial charge in [0.1, 0.15) is 10.7 Å². The second-order valence-corrected chi connectivity index (χ2v) is 8.31. The number of rotatable bonds is 5. The molecule has 1 aliphatic heterocycles. The van der Waals surface area contributed by atoms with Crippen molar-refractivity contribution >= 4 is 38.8 Å². The molecule has 2 N–H and O–H groups in total. The number of hydrogen-bond acceptors (Lipinski definition) is 5. The summed E-state index contributed by atoms with van der Waals surface area (Å²) in [6.45, 7) is 0.354. The SMILES string of the molecule is O=C(CCC1=NS(=O)(=O)c2ccc(C(F)(F)F)cc2N1)NCc1cccs1. The molecule has 0 unspecified atom stereocenters. The normalized spacial score (nSPS) is 15.4. The van der Waals surface area contributed by atoms with Crippen molar-refractivity contribution in [2.24, 2.45) is 4.40 Å². The fraction of sp³-hybridized carbons (Fsp3) is 0.250. The minimum Gasteiger partial charge on any atom is -0.351 e. The summed E-state index contributed by atoms with van der Waals surface area (Å²) in [4.78, 5) is 12.5. The third kappa shape index (κ3) is 4.66. The van der Waals surface area contributed by atoms with Crippen LogP contribution in [0.4, 0.5) is 18.9 Å². The zero-order valence-electron chi connectivity index (χ0n) is 13.7. The van der Waals surface area contributed by atoms with E-state index in [1.807, 2.05) is 17.5 Å². The Morgan fingerprint density at radius 1 is 1.26 bits per heavy atom. The number of nitrogens with zero attached hydrogens (tertiary/aromatic N) is 1. The number of hydrogen-bond donors (Lipinski definition) is 2.